The number of hydrogen-bond donors (Lipinski definition) is 1. The minimum Gasteiger partial charge on any atom is -0.336 e. The van der Waals surface area contributed by atoms with Crippen LogP contribution in [0, 0.1) is 5.92 Å². The average Bonchev–Trinajstić information content (AvgIpc) is 2.57. The molecule has 0 aliphatic carbocycles. The van der Waals surface area contributed by atoms with Crippen molar-refractivity contribution >= 4 is 21.8 Å². The molecule has 1 atom stereocenters. The van der Waals surface area contributed by atoms with Crippen LogP contribution in [0.1, 0.15) is 23.2 Å². The molecule has 0 spiro atoms. The summed E-state index contributed by atoms with van der Waals surface area (Å²) in [5.41, 5.74) is 0.785. The van der Waals surface area contributed by atoms with E-state index in [0.29, 0.717) is 0 Å². The Morgan fingerprint density at radius 2 is 1.91 bits per heavy atom. The lowest BCUT2D eigenvalue weighted by molar-refractivity contribution is 0.0610. The number of carbonyl (C=O) groups is 1. The summed E-state index contributed by atoms with van der Waals surface area (Å²) in [7, 11) is 0. The number of halogens is 1. The van der Waals surface area contributed by atoms with E-state index in [0.717, 1.165) is 48.7 Å². The molecule has 2 aliphatic heterocycles. The van der Waals surface area contributed by atoms with Crippen LogP contribution in [-0.2, 0) is 0 Å². The van der Waals surface area contributed by atoms with E-state index < -0.39 is 0 Å². The maximum atomic E-state index is 12.5. The minimum absolute atomic E-state index is 0.159. The van der Waals surface area contributed by atoms with E-state index >= 15 is 0 Å². The maximum Gasteiger partial charge on any atom is 0.253 e. The van der Waals surface area contributed by atoms with Crippen LogP contribution in [0.3, 0.4) is 0 Å². The zero-order valence-corrected chi connectivity index (χ0v) is 14.5. The average molecular weight is 366 g/mol. The smallest absolute Gasteiger partial charge is 0.253 e. The van der Waals surface area contributed by atoms with Gasteiger partial charge in [0.1, 0.15) is 0 Å². The largest absolute Gasteiger partial charge is 0.336 e. The number of nitrogens with one attached hydrogen (secondary N) is 1. The van der Waals surface area contributed by atoms with Crippen molar-refractivity contribution in [2.24, 2.45) is 5.92 Å². The van der Waals surface area contributed by atoms with Crippen LogP contribution in [0.25, 0.3) is 0 Å². The number of piperidine rings is 1. The van der Waals surface area contributed by atoms with Crippen molar-refractivity contribution in [3.63, 3.8) is 0 Å². The van der Waals surface area contributed by atoms with Gasteiger partial charge in [-0.05, 0) is 56.1 Å². The van der Waals surface area contributed by atoms with Gasteiger partial charge < -0.3 is 10.2 Å². The lowest BCUT2D eigenvalue weighted by Gasteiger charge is -2.37. The molecule has 22 heavy (non-hydrogen) atoms. The van der Waals surface area contributed by atoms with Gasteiger partial charge in [0.25, 0.3) is 5.91 Å². The third-order valence-electron chi connectivity index (χ3n) is 4.67. The number of piperazine rings is 1. The quantitative estimate of drug-likeness (QED) is 0.891. The molecule has 0 bridgehead atoms. The van der Waals surface area contributed by atoms with Crippen LogP contribution in [0.4, 0.5) is 0 Å². The van der Waals surface area contributed by atoms with Crippen molar-refractivity contribution in [2.75, 3.05) is 45.8 Å². The molecule has 2 aliphatic rings. The molecule has 120 valence electrons. The summed E-state index contributed by atoms with van der Waals surface area (Å²) in [5.74, 6) is 0.939. The molecule has 2 heterocycles. The van der Waals surface area contributed by atoms with Gasteiger partial charge in [-0.3, -0.25) is 9.69 Å². The van der Waals surface area contributed by atoms with Crippen molar-refractivity contribution in [1.29, 1.82) is 0 Å². The first-order chi connectivity index (χ1) is 10.7. The standard InChI is InChI=1S/C17H24BrN3O/c18-16-5-3-15(4-6-16)17(22)21-10-8-20(9-11-21)13-14-2-1-7-19-12-14/h3-6,14,19H,1-2,7-13H2. The highest BCUT2D eigenvalue weighted by Gasteiger charge is 2.24. The molecule has 5 heteroatoms. The fraction of sp³-hybridized carbons (Fsp3) is 0.588. The molecular formula is C17H24BrN3O. The SMILES string of the molecule is O=C(c1ccc(Br)cc1)N1CCN(CC2CCCNC2)CC1. The van der Waals surface area contributed by atoms with Crippen LogP contribution >= 0.6 is 15.9 Å². The molecule has 1 aromatic rings. The molecule has 1 amide bonds. The molecule has 0 saturated carbocycles. The van der Waals surface area contributed by atoms with Gasteiger partial charge in [-0.15, -0.1) is 0 Å². The van der Waals surface area contributed by atoms with Crippen molar-refractivity contribution in [3.8, 4) is 0 Å². The summed E-state index contributed by atoms with van der Waals surface area (Å²) >= 11 is 3.41. The van der Waals surface area contributed by atoms with E-state index in [-0.39, 0.29) is 5.91 Å². The Balaban J connectivity index is 1.48. The van der Waals surface area contributed by atoms with Crippen LogP contribution in [-0.4, -0.2) is 61.5 Å². The second kappa shape index (κ2) is 7.57. The molecular weight excluding hydrogens is 342 g/mol. The summed E-state index contributed by atoms with van der Waals surface area (Å²) in [6.45, 7) is 7.18. The van der Waals surface area contributed by atoms with Crippen molar-refractivity contribution in [1.82, 2.24) is 15.1 Å². The van der Waals surface area contributed by atoms with Crippen LogP contribution in [0.5, 0.6) is 0 Å². The van der Waals surface area contributed by atoms with Gasteiger partial charge in [-0.1, -0.05) is 15.9 Å². The number of hydrogen-bond acceptors (Lipinski definition) is 3. The number of benzene rings is 1. The zero-order chi connectivity index (χ0) is 15.4. The Labute approximate surface area is 141 Å². The Morgan fingerprint density at radius 3 is 2.55 bits per heavy atom. The van der Waals surface area contributed by atoms with Gasteiger partial charge in [-0.25, -0.2) is 0 Å². The molecule has 3 rings (SSSR count). The molecule has 0 aromatic heterocycles. The van der Waals surface area contributed by atoms with Crippen molar-refractivity contribution < 1.29 is 4.79 Å². The first kappa shape index (κ1) is 16.0. The topological polar surface area (TPSA) is 35.6 Å². The normalized spacial score (nSPS) is 23.5. The minimum atomic E-state index is 0.159. The Bertz CT molecular complexity index is 491. The fourth-order valence-electron chi connectivity index (χ4n) is 3.35. The summed E-state index contributed by atoms with van der Waals surface area (Å²) in [4.78, 5) is 17.0. The Hall–Kier alpha value is -0.910. The van der Waals surface area contributed by atoms with E-state index in [2.05, 4.69) is 26.1 Å². The van der Waals surface area contributed by atoms with Gasteiger partial charge in [0.2, 0.25) is 0 Å². The van der Waals surface area contributed by atoms with E-state index in [1.54, 1.807) is 0 Å². The van der Waals surface area contributed by atoms with E-state index in [4.69, 9.17) is 0 Å². The van der Waals surface area contributed by atoms with E-state index in [1.807, 2.05) is 29.2 Å². The third-order valence-corrected chi connectivity index (χ3v) is 5.19. The summed E-state index contributed by atoms with van der Waals surface area (Å²) in [6, 6.07) is 7.65. The lowest BCUT2D eigenvalue weighted by Crippen LogP contribution is -2.50. The third kappa shape index (κ3) is 4.09. The lowest BCUT2D eigenvalue weighted by atomic mass is 9.99. The van der Waals surface area contributed by atoms with Gasteiger partial charge >= 0.3 is 0 Å². The highest BCUT2D eigenvalue weighted by atomic mass is 79.9. The number of carbonyl (C=O) groups excluding carboxylic acids is 1. The second-order valence-electron chi connectivity index (χ2n) is 6.31. The van der Waals surface area contributed by atoms with E-state index in [1.165, 1.54) is 25.9 Å². The van der Waals surface area contributed by atoms with Crippen molar-refractivity contribution in [2.45, 2.75) is 12.8 Å². The molecule has 1 aromatic carbocycles. The van der Waals surface area contributed by atoms with Gasteiger partial charge in [-0.2, -0.15) is 0 Å². The fourth-order valence-corrected chi connectivity index (χ4v) is 3.62. The first-order valence-electron chi connectivity index (χ1n) is 8.20. The second-order valence-corrected chi connectivity index (χ2v) is 7.23. The zero-order valence-electron chi connectivity index (χ0n) is 12.9. The molecule has 2 fully saturated rings. The van der Waals surface area contributed by atoms with Crippen LogP contribution in [0.2, 0.25) is 0 Å². The van der Waals surface area contributed by atoms with Crippen molar-refractivity contribution in [3.05, 3.63) is 34.3 Å². The number of rotatable bonds is 3. The summed E-state index contributed by atoms with van der Waals surface area (Å²) in [5, 5.41) is 3.48. The number of amides is 1. The first-order valence-corrected chi connectivity index (χ1v) is 8.99. The summed E-state index contributed by atoms with van der Waals surface area (Å²) in [6.07, 6.45) is 2.64. The van der Waals surface area contributed by atoms with Gasteiger partial charge in [0, 0.05) is 42.8 Å². The molecule has 1 N–H and O–H groups in total. The van der Waals surface area contributed by atoms with Crippen LogP contribution < -0.4 is 5.32 Å². The summed E-state index contributed by atoms with van der Waals surface area (Å²) < 4.78 is 1.01. The van der Waals surface area contributed by atoms with Gasteiger partial charge in [0.05, 0.1) is 0 Å². The predicted octanol–water partition coefficient (Wildman–Crippen LogP) is 2.21. The van der Waals surface area contributed by atoms with Crippen LogP contribution in [0.15, 0.2) is 28.7 Å². The maximum absolute atomic E-state index is 12.5. The Kier molecular flexibility index (Phi) is 5.50. The van der Waals surface area contributed by atoms with E-state index in [9.17, 15) is 4.79 Å². The molecule has 1 unspecified atom stereocenters. The molecule has 2 saturated heterocycles. The highest BCUT2D eigenvalue weighted by molar-refractivity contribution is 9.10. The van der Waals surface area contributed by atoms with Gasteiger partial charge in [0.15, 0.2) is 0 Å². The Morgan fingerprint density at radius 1 is 1.18 bits per heavy atom. The monoisotopic (exact) mass is 365 g/mol. The highest BCUT2D eigenvalue weighted by Crippen LogP contribution is 2.16. The number of nitrogens with zero attached hydrogens (tertiary/aromatic N) is 2. The predicted molar refractivity (Wildman–Crippen MR) is 92.1 cm³/mol. The molecule has 4 nitrogen and oxygen atoms in total. The molecule has 0 radical (unpaired) electrons.